The molecule has 0 radical (unpaired) electrons. The summed E-state index contributed by atoms with van der Waals surface area (Å²) < 4.78 is 6.03. The predicted octanol–water partition coefficient (Wildman–Crippen LogP) is 2.75. The number of fused-ring (bicyclic) bond motifs is 1. The van der Waals surface area contributed by atoms with Crippen molar-refractivity contribution in [1.82, 2.24) is 4.98 Å². The summed E-state index contributed by atoms with van der Waals surface area (Å²) in [7, 11) is 0. The lowest BCUT2D eigenvalue weighted by atomic mass is 10.1. The second-order valence-electron chi connectivity index (χ2n) is 5.07. The van der Waals surface area contributed by atoms with E-state index in [1.54, 1.807) is 6.20 Å². The van der Waals surface area contributed by atoms with Crippen molar-refractivity contribution in [2.45, 2.75) is 26.9 Å². The zero-order valence-corrected chi connectivity index (χ0v) is 11.9. The maximum absolute atomic E-state index is 8.91. The average Bonchev–Trinajstić information content (AvgIpc) is 2.46. The third kappa shape index (κ3) is 2.66. The van der Waals surface area contributed by atoms with E-state index in [1.807, 2.05) is 31.2 Å². The molecule has 5 heteroatoms. The summed E-state index contributed by atoms with van der Waals surface area (Å²) in [5.74, 6) is 0.948. The molecule has 0 fully saturated rings. The lowest BCUT2D eigenvalue weighted by Gasteiger charge is -2.21. The fourth-order valence-corrected chi connectivity index (χ4v) is 1.80. The van der Waals surface area contributed by atoms with Gasteiger partial charge in [-0.15, -0.1) is 0 Å². The minimum Gasteiger partial charge on any atom is -0.489 e. The number of pyridine rings is 1. The van der Waals surface area contributed by atoms with Crippen LogP contribution in [0.15, 0.2) is 35.6 Å². The molecule has 1 unspecified atom stereocenters. The Kier molecular flexibility index (Phi) is 4.08. The third-order valence-electron chi connectivity index (χ3n) is 3.35. The molecular weight excluding hydrogens is 254 g/mol. The number of benzene rings is 1. The van der Waals surface area contributed by atoms with Gasteiger partial charge in [0, 0.05) is 11.6 Å². The van der Waals surface area contributed by atoms with Crippen LogP contribution in [0.4, 0.5) is 0 Å². The quantitative estimate of drug-likeness (QED) is 0.388. The van der Waals surface area contributed by atoms with Crippen molar-refractivity contribution >= 4 is 16.7 Å². The number of amidine groups is 1. The molecule has 0 aliphatic heterocycles. The van der Waals surface area contributed by atoms with Gasteiger partial charge in [-0.3, -0.25) is 4.98 Å². The Bertz CT molecular complexity index is 638. The first-order valence-electron chi connectivity index (χ1n) is 6.57. The molecule has 5 nitrogen and oxygen atoms in total. The molecule has 0 spiro atoms. The Labute approximate surface area is 118 Å². The number of nitrogens with two attached hydrogens (primary N) is 1. The summed E-state index contributed by atoms with van der Waals surface area (Å²) in [5, 5.41) is 12.8. The van der Waals surface area contributed by atoms with Crippen LogP contribution in [-0.2, 0) is 0 Å². The van der Waals surface area contributed by atoms with Crippen molar-refractivity contribution in [3.05, 3.63) is 36.0 Å². The number of hydrogen-bond donors (Lipinski definition) is 2. The molecule has 1 heterocycles. The van der Waals surface area contributed by atoms with Crippen molar-refractivity contribution in [3.63, 3.8) is 0 Å². The van der Waals surface area contributed by atoms with Gasteiger partial charge in [-0.1, -0.05) is 31.1 Å². The topological polar surface area (TPSA) is 80.7 Å². The highest BCUT2D eigenvalue weighted by Gasteiger charge is 2.17. The molecule has 20 heavy (non-hydrogen) atoms. The molecule has 1 aromatic heterocycles. The highest BCUT2D eigenvalue weighted by atomic mass is 16.5. The van der Waals surface area contributed by atoms with Crippen LogP contribution < -0.4 is 10.5 Å². The first kappa shape index (κ1) is 14.1. The Morgan fingerprint density at radius 3 is 2.65 bits per heavy atom. The minimum atomic E-state index is -0.00536. The maximum atomic E-state index is 8.91. The summed E-state index contributed by atoms with van der Waals surface area (Å²) >= 11 is 0. The highest BCUT2D eigenvalue weighted by Crippen LogP contribution is 2.30. The smallest absolute Gasteiger partial charge is 0.175 e. The first-order valence-corrected chi connectivity index (χ1v) is 6.57. The second-order valence-corrected chi connectivity index (χ2v) is 5.07. The molecule has 1 atom stereocenters. The molecule has 0 amide bonds. The molecule has 0 saturated carbocycles. The van der Waals surface area contributed by atoms with Crippen LogP contribution in [0.25, 0.3) is 10.9 Å². The van der Waals surface area contributed by atoms with Gasteiger partial charge < -0.3 is 15.7 Å². The SMILES string of the molecule is CC(C)C(C)Oc1c(/C(N)=N/O)cnc2ccccc12. The molecule has 2 rings (SSSR count). The number of nitrogens with zero attached hydrogens (tertiary/aromatic N) is 2. The zero-order chi connectivity index (χ0) is 14.7. The van der Waals surface area contributed by atoms with Gasteiger partial charge in [0.2, 0.25) is 0 Å². The number of aromatic nitrogens is 1. The average molecular weight is 273 g/mol. The monoisotopic (exact) mass is 273 g/mol. The summed E-state index contributed by atoms with van der Waals surface area (Å²) in [5.41, 5.74) is 7.03. The fraction of sp³-hybridized carbons (Fsp3) is 0.333. The summed E-state index contributed by atoms with van der Waals surface area (Å²) in [6, 6.07) is 7.64. The molecular formula is C15H19N3O2. The number of para-hydroxylation sites is 1. The fourth-order valence-electron chi connectivity index (χ4n) is 1.80. The number of rotatable bonds is 4. The van der Waals surface area contributed by atoms with Gasteiger partial charge in [-0.25, -0.2) is 0 Å². The summed E-state index contributed by atoms with van der Waals surface area (Å²) in [6.07, 6.45) is 1.57. The van der Waals surface area contributed by atoms with E-state index < -0.39 is 0 Å². The van der Waals surface area contributed by atoms with Crippen LogP contribution in [0.3, 0.4) is 0 Å². The van der Waals surface area contributed by atoms with E-state index in [9.17, 15) is 0 Å². The van der Waals surface area contributed by atoms with Gasteiger partial charge in [0.15, 0.2) is 5.84 Å². The van der Waals surface area contributed by atoms with Crippen LogP contribution >= 0.6 is 0 Å². The highest BCUT2D eigenvalue weighted by molar-refractivity contribution is 6.04. The third-order valence-corrected chi connectivity index (χ3v) is 3.35. The lowest BCUT2D eigenvalue weighted by molar-refractivity contribution is 0.172. The van der Waals surface area contributed by atoms with E-state index in [0.717, 1.165) is 10.9 Å². The summed E-state index contributed by atoms with van der Waals surface area (Å²) in [6.45, 7) is 6.16. The molecule has 0 aliphatic carbocycles. The Morgan fingerprint density at radius 1 is 1.30 bits per heavy atom. The van der Waals surface area contributed by atoms with Gasteiger partial charge in [0.1, 0.15) is 5.75 Å². The number of hydrogen-bond acceptors (Lipinski definition) is 4. The van der Waals surface area contributed by atoms with E-state index >= 15 is 0 Å². The second kappa shape index (κ2) is 5.77. The molecule has 1 aromatic carbocycles. The van der Waals surface area contributed by atoms with Crippen molar-refractivity contribution < 1.29 is 9.94 Å². The maximum Gasteiger partial charge on any atom is 0.175 e. The summed E-state index contributed by atoms with van der Waals surface area (Å²) in [4.78, 5) is 4.31. The van der Waals surface area contributed by atoms with Crippen molar-refractivity contribution in [1.29, 1.82) is 0 Å². The van der Waals surface area contributed by atoms with Gasteiger partial charge in [-0.2, -0.15) is 0 Å². The first-order chi connectivity index (χ1) is 9.54. The molecule has 106 valence electrons. The van der Waals surface area contributed by atoms with E-state index in [4.69, 9.17) is 15.7 Å². The van der Waals surface area contributed by atoms with Gasteiger partial charge >= 0.3 is 0 Å². The Morgan fingerprint density at radius 2 is 2.00 bits per heavy atom. The molecule has 0 saturated heterocycles. The largest absolute Gasteiger partial charge is 0.489 e. The van der Waals surface area contributed by atoms with Gasteiger partial charge in [-0.05, 0) is 25.0 Å². The predicted molar refractivity (Wildman–Crippen MR) is 79.2 cm³/mol. The number of ether oxygens (including phenoxy) is 1. The van der Waals surface area contributed by atoms with E-state index in [1.165, 1.54) is 0 Å². The van der Waals surface area contributed by atoms with E-state index in [-0.39, 0.29) is 11.9 Å². The van der Waals surface area contributed by atoms with Crippen LogP contribution in [0.5, 0.6) is 5.75 Å². The van der Waals surface area contributed by atoms with Crippen LogP contribution in [0.2, 0.25) is 0 Å². The van der Waals surface area contributed by atoms with Crippen LogP contribution in [-0.4, -0.2) is 22.1 Å². The van der Waals surface area contributed by atoms with Crippen LogP contribution in [0.1, 0.15) is 26.3 Å². The minimum absolute atomic E-state index is 0.00536. The Hall–Kier alpha value is -2.30. The standard InChI is InChI=1S/C15H19N3O2/c1-9(2)10(3)20-14-11-6-4-5-7-13(11)17-8-12(14)15(16)18-19/h4-10,19H,1-3H3,(H2,16,18). The van der Waals surface area contributed by atoms with Crippen molar-refractivity contribution in [3.8, 4) is 5.75 Å². The van der Waals surface area contributed by atoms with E-state index in [2.05, 4.69) is 24.0 Å². The number of oxime groups is 1. The lowest BCUT2D eigenvalue weighted by Crippen LogP contribution is -2.22. The van der Waals surface area contributed by atoms with Gasteiger partial charge in [0.25, 0.3) is 0 Å². The molecule has 3 N–H and O–H groups in total. The van der Waals surface area contributed by atoms with Crippen molar-refractivity contribution in [2.24, 2.45) is 16.8 Å². The van der Waals surface area contributed by atoms with Gasteiger partial charge in [0.05, 0.1) is 17.2 Å². The van der Waals surface area contributed by atoms with Crippen molar-refractivity contribution in [2.75, 3.05) is 0 Å². The van der Waals surface area contributed by atoms with E-state index in [0.29, 0.717) is 17.2 Å². The normalized spacial score (nSPS) is 13.7. The molecule has 0 bridgehead atoms. The molecule has 2 aromatic rings. The zero-order valence-electron chi connectivity index (χ0n) is 11.9. The van der Waals surface area contributed by atoms with Crippen LogP contribution in [0, 0.1) is 5.92 Å². The molecule has 0 aliphatic rings. The Balaban J connectivity index is 2.61.